The molecule has 0 aliphatic heterocycles. The number of benzene rings is 6. The summed E-state index contributed by atoms with van der Waals surface area (Å²) >= 11 is 1.70. The first-order valence-electron chi connectivity index (χ1n) is 16.8. The fraction of sp³-hybridized carbons (Fsp3) is 0.143. The van der Waals surface area contributed by atoms with Crippen molar-refractivity contribution < 1.29 is 39.4 Å². The lowest BCUT2D eigenvalue weighted by atomic mass is 10.3. The van der Waals surface area contributed by atoms with E-state index < -0.39 is 21.8 Å². The van der Waals surface area contributed by atoms with E-state index in [0.717, 1.165) is 39.2 Å². The molecular formula is C42H40O8S3+2. The maximum absolute atomic E-state index is 9.18. The van der Waals surface area contributed by atoms with Crippen molar-refractivity contribution in [2.24, 2.45) is 0 Å². The lowest BCUT2D eigenvalue weighted by molar-refractivity contribution is 0.0981. The van der Waals surface area contributed by atoms with E-state index in [1.54, 1.807) is 11.8 Å². The zero-order chi connectivity index (χ0) is 36.8. The molecule has 0 saturated heterocycles. The highest BCUT2D eigenvalue weighted by Crippen LogP contribution is 2.38. The SMILES string of the molecule is OCCOc1ccc([S+](c2ccc(OCCO)cc2)c2ccc(Sc3ccc([S+](c4ccc(OCO)cc4)c4ccc(OCO)cc4)cc3)cc2)cc1. The third kappa shape index (κ3) is 10.3. The van der Waals surface area contributed by atoms with Crippen LogP contribution in [0.4, 0.5) is 0 Å². The molecule has 0 aliphatic carbocycles. The first kappa shape index (κ1) is 38.1. The minimum Gasteiger partial charge on any atom is -0.491 e. The van der Waals surface area contributed by atoms with E-state index in [1.807, 2.05) is 72.8 Å². The topological polar surface area (TPSA) is 118 Å². The van der Waals surface area contributed by atoms with Gasteiger partial charge in [0, 0.05) is 9.79 Å². The average Bonchev–Trinajstić information content (AvgIpc) is 3.20. The Hall–Kier alpha value is -4.59. The summed E-state index contributed by atoms with van der Waals surface area (Å²) in [7, 11) is -0.835. The van der Waals surface area contributed by atoms with Crippen LogP contribution in [0.3, 0.4) is 0 Å². The van der Waals surface area contributed by atoms with Gasteiger partial charge in [-0.15, -0.1) is 0 Å². The van der Waals surface area contributed by atoms with Gasteiger partial charge in [0.2, 0.25) is 0 Å². The summed E-state index contributed by atoms with van der Waals surface area (Å²) in [5.41, 5.74) is 0. The summed E-state index contributed by atoms with van der Waals surface area (Å²) in [5, 5.41) is 36.7. The highest BCUT2D eigenvalue weighted by molar-refractivity contribution is 7.99. The van der Waals surface area contributed by atoms with Crippen LogP contribution in [0.25, 0.3) is 0 Å². The summed E-state index contributed by atoms with van der Waals surface area (Å²) in [6.07, 6.45) is 0. The highest BCUT2D eigenvalue weighted by Gasteiger charge is 2.30. The Bertz CT molecular complexity index is 1870. The third-order valence-corrected chi connectivity index (χ3v) is 13.3. The molecule has 8 nitrogen and oxygen atoms in total. The van der Waals surface area contributed by atoms with E-state index in [0.29, 0.717) is 23.0 Å². The largest absolute Gasteiger partial charge is 0.491 e. The van der Waals surface area contributed by atoms with E-state index in [9.17, 15) is 10.2 Å². The molecule has 0 aliphatic rings. The molecule has 11 heteroatoms. The Kier molecular flexibility index (Phi) is 14.0. The number of ether oxygens (including phenoxy) is 4. The van der Waals surface area contributed by atoms with Crippen LogP contribution in [0.5, 0.6) is 23.0 Å². The van der Waals surface area contributed by atoms with Crippen LogP contribution in [0, 0.1) is 0 Å². The molecule has 0 radical (unpaired) electrons. The molecule has 272 valence electrons. The van der Waals surface area contributed by atoms with Gasteiger partial charge in [0.1, 0.15) is 36.2 Å². The smallest absolute Gasteiger partial charge is 0.186 e. The number of aliphatic hydroxyl groups is 4. The molecule has 0 heterocycles. The highest BCUT2D eigenvalue weighted by atomic mass is 32.2. The van der Waals surface area contributed by atoms with Crippen molar-refractivity contribution >= 4 is 33.6 Å². The van der Waals surface area contributed by atoms with Crippen LogP contribution in [-0.2, 0) is 21.8 Å². The fourth-order valence-corrected chi connectivity index (χ4v) is 10.3. The Labute approximate surface area is 319 Å². The van der Waals surface area contributed by atoms with E-state index >= 15 is 0 Å². The zero-order valence-corrected chi connectivity index (χ0v) is 31.2. The van der Waals surface area contributed by atoms with Gasteiger partial charge in [-0.2, -0.15) is 0 Å². The van der Waals surface area contributed by atoms with Crippen molar-refractivity contribution in [2.75, 3.05) is 40.0 Å². The van der Waals surface area contributed by atoms with Crippen molar-refractivity contribution in [3.05, 3.63) is 146 Å². The first-order chi connectivity index (χ1) is 26.1. The quantitative estimate of drug-likeness (QED) is 0.0524. The van der Waals surface area contributed by atoms with Crippen LogP contribution in [0.15, 0.2) is 185 Å². The molecule has 0 fully saturated rings. The number of rotatable bonds is 18. The van der Waals surface area contributed by atoms with E-state index in [1.165, 1.54) is 0 Å². The predicted molar refractivity (Wildman–Crippen MR) is 208 cm³/mol. The normalized spacial score (nSPS) is 11.1. The van der Waals surface area contributed by atoms with Gasteiger partial charge in [-0.25, -0.2) is 0 Å². The molecular weight excluding hydrogens is 729 g/mol. The summed E-state index contributed by atoms with van der Waals surface area (Å²) in [6, 6.07) is 48.8. The second kappa shape index (κ2) is 19.5. The van der Waals surface area contributed by atoms with Gasteiger partial charge in [-0.3, -0.25) is 0 Å². The van der Waals surface area contributed by atoms with Crippen molar-refractivity contribution in [1.29, 1.82) is 0 Å². The van der Waals surface area contributed by atoms with Crippen LogP contribution < -0.4 is 18.9 Å². The lowest BCUT2D eigenvalue weighted by Crippen LogP contribution is -2.06. The molecule has 0 saturated carbocycles. The maximum atomic E-state index is 9.18. The molecule has 6 aromatic rings. The van der Waals surface area contributed by atoms with E-state index in [-0.39, 0.29) is 40.0 Å². The van der Waals surface area contributed by atoms with E-state index in [2.05, 4.69) is 72.8 Å². The molecule has 0 spiro atoms. The zero-order valence-electron chi connectivity index (χ0n) is 28.7. The Balaban J connectivity index is 1.23. The van der Waals surface area contributed by atoms with Gasteiger partial charge in [0.05, 0.1) is 35.0 Å². The van der Waals surface area contributed by atoms with Gasteiger partial charge >= 0.3 is 0 Å². The average molecular weight is 769 g/mol. The Morgan fingerprint density at radius 1 is 0.340 bits per heavy atom. The lowest BCUT2D eigenvalue weighted by Gasteiger charge is -2.11. The first-order valence-corrected chi connectivity index (χ1v) is 20.1. The predicted octanol–water partition coefficient (Wildman–Crippen LogP) is 7.43. The molecule has 4 N–H and O–H groups in total. The van der Waals surface area contributed by atoms with E-state index in [4.69, 9.17) is 29.2 Å². The monoisotopic (exact) mass is 768 g/mol. The van der Waals surface area contributed by atoms with Gasteiger partial charge in [-0.1, -0.05) is 11.8 Å². The summed E-state index contributed by atoms with van der Waals surface area (Å²) in [5.74, 6) is 2.61. The van der Waals surface area contributed by atoms with Crippen LogP contribution in [0.2, 0.25) is 0 Å². The number of hydrogen-bond donors (Lipinski definition) is 4. The fourth-order valence-electron chi connectivity index (χ4n) is 5.40. The molecule has 0 aromatic heterocycles. The molecule has 0 amide bonds. The third-order valence-electron chi connectivity index (χ3n) is 7.77. The van der Waals surface area contributed by atoms with Crippen LogP contribution in [0.1, 0.15) is 0 Å². The van der Waals surface area contributed by atoms with Gasteiger partial charge in [0.15, 0.2) is 43.0 Å². The van der Waals surface area contributed by atoms with Crippen molar-refractivity contribution in [3.8, 4) is 23.0 Å². The minimum absolute atomic E-state index is 0.0409. The second-order valence-electron chi connectivity index (χ2n) is 11.2. The number of hydrogen-bond acceptors (Lipinski definition) is 9. The van der Waals surface area contributed by atoms with Gasteiger partial charge < -0.3 is 39.4 Å². The summed E-state index contributed by atoms with van der Waals surface area (Å²) in [6.45, 7) is -0.356. The molecule has 53 heavy (non-hydrogen) atoms. The van der Waals surface area contributed by atoms with Gasteiger partial charge in [-0.05, 0) is 146 Å². The molecule has 0 unspecified atom stereocenters. The molecule has 0 atom stereocenters. The maximum Gasteiger partial charge on any atom is 0.186 e. The van der Waals surface area contributed by atoms with Crippen LogP contribution in [-0.4, -0.2) is 60.4 Å². The summed E-state index contributed by atoms with van der Waals surface area (Å²) in [4.78, 5) is 8.97. The van der Waals surface area contributed by atoms with Crippen molar-refractivity contribution in [3.63, 3.8) is 0 Å². The van der Waals surface area contributed by atoms with Crippen molar-refractivity contribution in [2.45, 2.75) is 39.2 Å². The van der Waals surface area contributed by atoms with Crippen molar-refractivity contribution in [1.82, 2.24) is 0 Å². The number of aliphatic hydroxyl groups excluding tert-OH is 4. The Morgan fingerprint density at radius 2 is 0.585 bits per heavy atom. The second-order valence-corrected chi connectivity index (χ2v) is 16.4. The molecule has 0 bridgehead atoms. The molecule has 6 aromatic carbocycles. The standard InChI is InChI=1S/C42H40O8S3/c43-25-27-47-31-1-13-37(14-2-31)52(38-15-3-32(4-16-38)48-28-26-44)41-21-9-35(10-22-41)51-36-11-23-42(24-12-36)53(39-17-5-33(6-18-39)49-29-45)40-19-7-34(8-20-40)50-30-46/h1-24,43-46H,25-30H2/q+2. The Morgan fingerprint density at radius 3 is 0.830 bits per heavy atom. The summed E-state index contributed by atoms with van der Waals surface area (Å²) < 4.78 is 21.7. The van der Waals surface area contributed by atoms with Gasteiger partial charge in [0.25, 0.3) is 0 Å². The minimum atomic E-state index is -0.428. The van der Waals surface area contributed by atoms with Crippen LogP contribution >= 0.6 is 11.8 Å². The molecule has 6 rings (SSSR count).